The number of esters is 1. The molecule has 0 radical (unpaired) electrons. The lowest BCUT2D eigenvalue weighted by atomic mass is 10.1. The number of hydrogen-bond donors (Lipinski definition) is 1. The summed E-state index contributed by atoms with van der Waals surface area (Å²) in [5.74, 6) is -1.70. The summed E-state index contributed by atoms with van der Waals surface area (Å²) in [4.78, 5) is 11.6. The molecule has 116 valence electrons. The van der Waals surface area contributed by atoms with Gasteiger partial charge in [-0.15, -0.1) is 0 Å². The van der Waals surface area contributed by atoms with Gasteiger partial charge in [0.25, 0.3) is 0 Å². The van der Waals surface area contributed by atoms with Crippen molar-refractivity contribution in [3.05, 3.63) is 28.0 Å². The second-order valence-corrected chi connectivity index (χ2v) is 6.85. The monoisotopic (exact) mass is 381 g/mol. The molecule has 0 saturated carbocycles. The van der Waals surface area contributed by atoms with E-state index in [1.54, 1.807) is 0 Å². The fourth-order valence-corrected chi connectivity index (χ4v) is 3.63. The topological polar surface area (TPSA) is 95.7 Å². The maximum absolute atomic E-state index is 13.5. The molecule has 1 heterocycles. The van der Waals surface area contributed by atoms with Crippen LogP contribution in [0.4, 0.5) is 4.39 Å². The van der Waals surface area contributed by atoms with E-state index in [0.717, 1.165) is 12.1 Å². The summed E-state index contributed by atoms with van der Waals surface area (Å²) in [6.07, 6.45) is 0.751. The van der Waals surface area contributed by atoms with Gasteiger partial charge < -0.3 is 9.47 Å². The minimum atomic E-state index is -4.16. The van der Waals surface area contributed by atoms with Gasteiger partial charge in [0.15, 0.2) is 0 Å². The Hall–Kier alpha value is -1.03. The van der Waals surface area contributed by atoms with Crippen molar-refractivity contribution >= 4 is 31.9 Å². The highest BCUT2D eigenvalue weighted by Gasteiger charge is 2.25. The third-order valence-corrected chi connectivity index (χ3v) is 5.02. The van der Waals surface area contributed by atoms with Gasteiger partial charge in [0.05, 0.1) is 28.1 Å². The van der Waals surface area contributed by atoms with E-state index < -0.39 is 26.7 Å². The molecule has 1 saturated heterocycles. The molecule has 0 aliphatic carbocycles. The van der Waals surface area contributed by atoms with E-state index in [1.807, 2.05) is 0 Å². The van der Waals surface area contributed by atoms with Gasteiger partial charge in [-0.05, 0) is 28.1 Å². The van der Waals surface area contributed by atoms with Crippen molar-refractivity contribution in [2.45, 2.75) is 23.8 Å². The van der Waals surface area contributed by atoms with Crippen LogP contribution in [-0.2, 0) is 19.5 Å². The molecule has 21 heavy (non-hydrogen) atoms. The van der Waals surface area contributed by atoms with Crippen LogP contribution in [0.1, 0.15) is 23.2 Å². The van der Waals surface area contributed by atoms with Crippen molar-refractivity contribution in [1.29, 1.82) is 0 Å². The Morgan fingerprint density at radius 3 is 2.57 bits per heavy atom. The average molecular weight is 382 g/mol. The lowest BCUT2D eigenvalue weighted by Crippen LogP contribution is -2.26. The first-order valence-corrected chi connectivity index (χ1v) is 8.43. The number of primary sulfonamides is 1. The molecule has 1 aliphatic heterocycles. The maximum Gasteiger partial charge on any atom is 0.339 e. The van der Waals surface area contributed by atoms with Gasteiger partial charge in [-0.2, -0.15) is 0 Å². The Bertz CT molecular complexity index is 658. The average Bonchev–Trinajstić information content (AvgIpc) is 2.40. The van der Waals surface area contributed by atoms with Crippen molar-refractivity contribution in [1.82, 2.24) is 0 Å². The highest BCUT2D eigenvalue weighted by atomic mass is 79.9. The third kappa shape index (κ3) is 4.00. The molecule has 0 spiro atoms. The highest BCUT2D eigenvalue weighted by molar-refractivity contribution is 9.10. The standard InChI is InChI=1S/C12H13BrFNO5S/c13-11-9(5-7(14)6-10(11)21(15,17)18)12(16)20-8-1-3-19-4-2-8/h5-6,8H,1-4H2,(H2,15,17,18). The van der Waals surface area contributed by atoms with Crippen molar-refractivity contribution in [3.63, 3.8) is 0 Å². The first kappa shape index (κ1) is 16.3. The fourth-order valence-electron chi connectivity index (χ4n) is 1.93. The molecule has 1 aliphatic rings. The number of carbonyl (C=O) groups excluding carboxylic acids is 1. The van der Waals surface area contributed by atoms with Gasteiger partial charge in [0.2, 0.25) is 10.0 Å². The van der Waals surface area contributed by atoms with E-state index in [0.29, 0.717) is 26.1 Å². The second kappa shape index (κ2) is 6.39. The first-order valence-electron chi connectivity index (χ1n) is 6.09. The van der Waals surface area contributed by atoms with Gasteiger partial charge in [-0.25, -0.2) is 22.7 Å². The number of sulfonamides is 1. The van der Waals surface area contributed by atoms with Crippen molar-refractivity contribution < 1.29 is 27.1 Å². The number of hydrogen-bond acceptors (Lipinski definition) is 5. The Morgan fingerprint density at radius 1 is 1.38 bits per heavy atom. The lowest BCUT2D eigenvalue weighted by Gasteiger charge is -2.22. The van der Waals surface area contributed by atoms with Crippen LogP contribution in [-0.4, -0.2) is 33.7 Å². The van der Waals surface area contributed by atoms with Crippen molar-refractivity contribution in [3.8, 4) is 0 Å². The van der Waals surface area contributed by atoms with E-state index in [2.05, 4.69) is 15.9 Å². The number of benzene rings is 1. The summed E-state index contributed by atoms with van der Waals surface area (Å²) in [6, 6.07) is 1.64. The van der Waals surface area contributed by atoms with Gasteiger partial charge in [0, 0.05) is 12.8 Å². The molecule has 0 bridgehead atoms. The first-order chi connectivity index (χ1) is 9.79. The predicted molar refractivity (Wildman–Crippen MR) is 74.7 cm³/mol. The number of nitrogens with two attached hydrogens (primary N) is 1. The molecule has 0 amide bonds. The summed E-state index contributed by atoms with van der Waals surface area (Å²) in [7, 11) is -4.16. The Kier molecular flexibility index (Phi) is 4.97. The molecule has 1 aromatic carbocycles. The van der Waals surface area contributed by atoms with Crippen LogP contribution in [0.3, 0.4) is 0 Å². The maximum atomic E-state index is 13.5. The minimum absolute atomic E-state index is 0.108. The van der Waals surface area contributed by atoms with Crippen LogP contribution in [0.25, 0.3) is 0 Å². The SMILES string of the molecule is NS(=O)(=O)c1cc(F)cc(C(=O)OC2CCOCC2)c1Br. The zero-order chi connectivity index (χ0) is 15.6. The second-order valence-electron chi connectivity index (χ2n) is 4.53. The van der Waals surface area contributed by atoms with Gasteiger partial charge in [0.1, 0.15) is 11.9 Å². The van der Waals surface area contributed by atoms with E-state index in [-0.39, 0.29) is 16.1 Å². The number of ether oxygens (including phenoxy) is 2. The molecule has 6 nitrogen and oxygen atoms in total. The molecular formula is C12H13BrFNO5S. The van der Waals surface area contributed by atoms with Crippen LogP contribution in [0.15, 0.2) is 21.5 Å². The van der Waals surface area contributed by atoms with Gasteiger partial charge in [-0.1, -0.05) is 0 Å². The number of carbonyl (C=O) groups is 1. The van der Waals surface area contributed by atoms with E-state index >= 15 is 0 Å². The predicted octanol–water partition coefficient (Wildman–Crippen LogP) is 1.57. The molecule has 2 N–H and O–H groups in total. The van der Waals surface area contributed by atoms with Crippen molar-refractivity contribution in [2.75, 3.05) is 13.2 Å². The largest absolute Gasteiger partial charge is 0.459 e. The molecular weight excluding hydrogens is 369 g/mol. The molecule has 0 unspecified atom stereocenters. The highest BCUT2D eigenvalue weighted by Crippen LogP contribution is 2.28. The van der Waals surface area contributed by atoms with Crippen molar-refractivity contribution in [2.24, 2.45) is 5.14 Å². The Balaban J connectivity index is 2.30. The lowest BCUT2D eigenvalue weighted by molar-refractivity contribution is -0.0160. The Labute approximate surface area is 129 Å². The zero-order valence-corrected chi connectivity index (χ0v) is 13.2. The summed E-state index contributed by atoms with van der Waals surface area (Å²) < 4.78 is 46.5. The van der Waals surface area contributed by atoms with Crippen LogP contribution >= 0.6 is 15.9 Å². The fraction of sp³-hybridized carbons (Fsp3) is 0.417. The smallest absolute Gasteiger partial charge is 0.339 e. The summed E-state index contributed by atoms with van der Waals surface area (Å²) in [5.41, 5.74) is -0.217. The number of rotatable bonds is 3. The summed E-state index contributed by atoms with van der Waals surface area (Å²) in [5, 5.41) is 4.99. The Morgan fingerprint density at radius 2 is 2.00 bits per heavy atom. The van der Waals surface area contributed by atoms with Crippen LogP contribution in [0, 0.1) is 5.82 Å². The zero-order valence-electron chi connectivity index (χ0n) is 10.8. The van der Waals surface area contributed by atoms with E-state index in [9.17, 15) is 17.6 Å². The van der Waals surface area contributed by atoms with Crippen LogP contribution in [0.2, 0.25) is 0 Å². The molecule has 1 fully saturated rings. The molecule has 0 atom stereocenters. The summed E-state index contributed by atoms with van der Waals surface area (Å²) in [6.45, 7) is 0.954. The molecule has 0 aromatic heterocycles. The van der Waals surface area contributed by atoms with Crippen LogP contribution < -0.4 is 5.14 Å². The molecule has 9 heteroatoms. The molecule has 1 aromatic rings. The normalized spacial score (nSPS) is 16.7. The van der Waals surface area contributed by atoms with E-state index in [1.165, 1.54) is 0 Å². The minimum Gasteiger partial charge on any atom is -0.459 e. The van der Waals surface area contributed by atoms with Gasteiger partial charge >= 0.3 is 5.97 Å². The van der Waals surface area contributed by atoms with E-state index in [4.69, 9.17) is 14.6 Å². The molecule has 2 rings (SSSR count). The quantitative estimate of drug-likeness (QED) is 0.801. The third-order valence-electron chi connectivity index (χ3n) is 2.97. The summed E-state index contributed by atoms with van der Waals surface area (Å²) >= 11 is 2.97. The number of halogens is 2. The van der Waals surface area contributed by atoms with Gasteiger partial charge in [-0.3, -0.25) is 0 Å². The van der Waals surface area contributed by atoms with Crippen LogP contribution in [0.5, 0.6) is 0 Å².